The van der Waals surface area contributed by atoms with Crippen molar-refractivity contribution < 1.29 is 27.1 Å². The van der Waals surface area contributed by atoms with Crippen LogP contribution in [-0.4, -0.2) is 42.1 Å². The van der Waals surface area contributed by atoms with Gasteiger partial charge >= 0.3 is 5.97 Å². The Bertz CT molecular complexity index is 1330. The lowest BCUT2D eigenvalue weighted by Crippen LogP contribution is -2.33. The Hall–Kier alpha value is -2.76. The minimum atomic E-state index is -3.85. The molecule has 0 saturated carbocycles. The maximum absolute atomic E-state index is 13.5. The van der Waals surface area contributed by atoms with E-state index in [9.17, 15) is 17.6 Å². The lowest BCUT2D eigenvalue weighted by Gasteiger charge is -2.31. The van der Waals surface area contributed by atoms with E-state index < -0.39 is 16.1 Å². The molecule has 0 fully saturated rings. The minimum Gasteiger partial charge on any atom is -0.465 e. The molecule has 0 amide bonds. The van der Waals surface area contributed by atoms with Crippen molar-refractivity contribution in [3.05, 3.63) is 70.2 Å². The van der Waals surface area contributed by atoms with Gasteiger partial charge in [0.15, 0.2) is 0 Å². The molecule has 1 aliphatic carbocycles. The van der Waals surface area contributed by atoms with Crippen LogP contribution in [-0.2, 0) is 32.5 Å². The molecule has 1 heterocycles. The van der Waals surface area contributed by atoms with Gasteiger partial charge in [-0.3, -0.25) is 9.48 Å². The Balaban J connectivity index is 1.56. The summed E-state index contributed by atoms with van der Waals surface area (Å²) in [7, 11) is -2.30. The first kappa shape index (κ1) is 25.3. The van der Waals surface area contributed by atoms with E-state index in [1.807, 2.05) is 0 Å². The molecule has 186 valence electrons. The van der Waals surface area contributed by atoms with Gasteiger partial charge in [-0.25, -0.2) is 12.8 Å². The van der Waals surface area contributed by atoms with Crippen molar-refractivity contribution in [1.82, 2.24) is 14.1 Å². The van der Waals surface area contributed by atoms with E-state index in [1.54, 1.807) is 30.9 Å². The van der Waals surface area contributed by atoms with E-state index in [0.717, 1.165) is 17.7 Å². The molecule has 0 spiro atoms. The molecule has 0 N–H and O–H groups in total. The zero-order chi connectivity index (χ0) is 25.2. The summed E-state index contributed by atoms with van der Waals surface area (Å²) in [6.45, 7) is 2.02. The van der Waals surface area contributed by atoms with Crippen LogP contribution >= 0.6 is 15.9 Å². The van der Waals surface area contributed by atoms with Gasteiger partial charge in [0.25, 0.3) is 0 Å². The number of nitrogens with zero attached hydrogens (tertiary/aromatic N) is 3. The van der Waals surface area contributed by atoms with E-state index in [2.05, 4.69) is 21.0 Å². The number of aromatic nitrogens is 2. The number of carbonyl (C=O) groups excluding carboxylic acids is 1. The summed E-state index contributed by atoms with van der Waals surface area (Å²) in [6, 6.07) is 9.65. The average Bonchev–Trinajstić information content (AvgIpc) is 3.24. The Kier molecular flexibility index (Phi) is 7.58. The first-order valence-electron chi connectivity index (χ1n) is 11.1. The summed E-state index contributed by atoms with van der Waals surface area (Å²) in [5, 5.41) is 4.33. The normalized spacial score (nSPS) is 15.6. The number of hydrogen-bond acceptors (Lipinski definition) is 6. The number of sulfonamides is 1. The maximum Gasteiger partial charge on any atom is 0.327 e. The second kappa shape index (κ2) is 10.5. The average molecular weight is 566 g/mol. The third-order valence-corrected chi connectivity index (χ3v) is 8.36. The molecule has 35 heavy (non-hydrogen) atoms. The van der Waals surface area contributed by atoms with Crippen molar-refractivity contribution in [2.24, 2.45) is 0 Å². The quantitative estimate of drug-likeness (QED) is 0.363. The second-order valence-corrected chi connectivity index (χ2v) is 10.9. The molecule has 1 aromatic heterocycles. The lowest BCUT2D eigenvalue weighted by molar-refractivity contribution is -0.144. The van der Waals surface area contributed by atoms with Crippen LogP contribution in [0, 0.1) is 5.82 Å². The van der Waals surface area contributed by atoms with E-state index in [-0.39, 0.29) is 29.8 Å². The molecule has 2 aromatic carbocycles. The van der Waals surface area contributed by atoms with E-state index in [4.69, 9.17) is 9.47 Å². The zero-order valence-corrected chi connectivity index (χ0v) is 21.7. The number of halogens is 2. The number of carbonyl (C=O) groups is 1. The van der Waals surface area contributed by atoms with Gasteiger partial charge in [-0.2, -0.15) is 9.40 Å². The van der Waals surface area contributed by atoms with Gasteiger partial charge in [-0.15, -0.1) is 0 Å². The van der Waals surface area contributed by atoms with Crippen LogP contribution in [0.2, 0.25) is 0 Å². The van der Waals surface area contributed by atoms with Crippen LogP contribution in [0.3, 0.4) is 0 Å². The highest BCUT2D eigenvalue weighted by molar-refractivity contribution is 9.10. The molecule has 1 aliphatic rings. The Morgan fingerprint density at radius 3 is 2.69 bits per heavy atom. The predicted molar refractivity (Wildman–Crippen MR) is 130 cm³/mol. The van der Waals surface area contributed by atoms with E-state index in [0.29, 0.717) is 28.8 Å². The highest BCUT2D eigenvalue weighted by atomic mass is 79.9. The summed E-state index contributed by atoms with van der Waals surface area (Å²) in [6.07, 6.45) is 3.75. The molecule has 0 aliphatic heterocycles. The molecule has 0 radical (unpaired) electrons. The second-order valence-electron chi connectivity index (χ2n) is 8.09. The van der Waals surface area contributed by atoms with Crippen molar-refractivity contribution in [3.63, 3.8) is 0 Å². The van der Waals surface area contributed by atoms with Gasteiger partial charge in [0.2, 0.25) is 10.0 Å². The molecular weight excluding hydrogens is 541 g/mol. The van der Waals surface area contributed by atoms with Crippen molar-refractivity contribution in [2.75, 3.05) is 13.7 Å². The summed E-state index contributed by atoms with van der Waals surface area (Å²) >= 11 is 3.38. The number of ether oxygens (including phenoxy) is 2. The molecule has 11 heteroatoms. The molecule has 0 bridgehead atoms. The fraction of sp³-hybridized carbons (Fsp3) is 0.333. The van der Waals surface area contributed by atoms with Crippen LogP contribution < -0.4 is 4.74 Å². The molecular formula is C24H25BrFN3O5S. The van der Waals surface area contributed by atoms with Gasteiger partial charge < -0.3 is 9.47 Å². The monoisotopic (exact) mass is 565 g/mol. The number of benzene rings is 2. The summed E-state index contributed by atoms with van der Waals surface area (Å²) in [4.78, 5) is 12.0. The molecule has 8 nitrogen and oxygen atoms in total. The SMILES string of the molecule is CCOC(=O)Cn1ncc2c1CCC[C@H]2N(C)S(=O)(=O)c1ccc(Oc2ccc(F)cc2)c(Br)c1. The summed E-state index contributed by atoms with van der Waals surface area (Å²) in [5.74, 6) is 0.0697. The predicted octanol–water partition coefficient (Wildman–Crippen LogP) is 4.84. The smallest absolute Gasteiger partial charge is 0.327 e. The van der Waals surface area contributed by atoms with Gasteiger partial charge in [0, 0.05) is 18.3 Å². The van der Waals surface area contributed by atoms with Gasteiger partial charge in [-0.1, -0.05) is 0 Å². The number of fused-ring (bicyclic) bond motifs is 1. The van der Waals surface area contributed by atoms with Crippen molar-refractivity contribution in [3.8, 4) is 11.5 Å². The number of rotatable bonds is 8. The van der Waals surface area contributed by atoms with Crippen LogP contribution in [0.1, 0.15) is 37.1 Å². The van der Waals surface area contributed by atoms with Gasteiger partial charge in [0.05, 0.1) is 28.2 Å². The summed E-state index contributed by atoms with van der Waals surface area (Å²) in [5.41, 5.74) is 1.64. The fourth-order valence-corrected chi connectivity index (χ4v) is 6.13. The first-order chi connectivity index (χ1) is 16.7. The molecule has 3 aromatic rings. The van der Waals surface area contributed by atoms with E-state index >= 15 is 0 Å². The van der Waals surface area contributed by atoms with Crippen molar-refractivity contribution >= 4 is 31.9 Å². The van der Waals surface area contributed by atoms with Crippen LogP contribution in [0.25, 0.3) is 0 Å². The first-order valence-corrected chi connectivity index (χ1v) is 13.3. The molecule has 1 atom stereocenters. The number of esters is 1. The third kappa shape index (κ3) is 5.41. The highest BCUT2D eigenvalue weighted by Gasteiger charge is 2.34. The van der Waals surface area contributed by atoms with Gasteiger partial charge in [0.1, 0.15) is 23.9 Å². The fourth-order valence-electron chi connectivity index (χ4n) is 4.13. The molecule has 0 saturated heterocycles. The Morgan fingerprint density at radius 1 is 1.26 bits per heavy atom. The molecule has 0 unspecified atom stereocenters. The Labute approximate surface area is 211 Å². The minimum absolute atomic E-state index is 0.00514. The van der Waals surface area contributed by atoms with Crippen molar-refractivity contribution in [1.29, 1.82) is 0 Å². The topological polar surface area (TPSA) is 90.7 Å². The van der Waals surface area contributed by atoms with Gasteiger partial charge in [-0.05, 0) is 84.6 Å². The number of hydrogen-bond donors (Lipinski definition) is 0. The highest BCUT2D eigenvalue weighted by Crippen LogP contribution is 2.38. The van der Waals surface area contributed by atoms with Crippen LogP contribution in [0.4, 0.5) is 4.39 Å². The van der Waals surface area contributed by atoms with E-state index in [1.165, 1.54) is 40.7 Å². The van der Waals surface area contributed by atoms with Crippen LogP contribution in [0.5, 0.6) is 11.5 Å². The third-order valence-electron chi connectivity index (χ3n) is 5.88. The lowest BCUT2D eigenvalue weighted by atomic mass is 9.93. The summed E-state index contributed by atoms with van der Waals surface area (Å²) < 4.78 is 54.3. The molecule has 4 rings (SSSR count). The standard InChI is InChI=1S/C24H25BrFN3O5S/c1-3-33-24(30)15-29-22-6-4-5-21(19(22)14-27-29)28(2)35(31,32)18-11-12-23(20(25)13-18)34-17-9-7-16(26)8-10-17/h7-14,21H,3-6,15H2,1-2H3/t21-/m1/s1. The van der Waals surface area contributed by atoms with Crippen molar-refractivity contribution in [2.45, 2.75) is 43.7 Å². The maximum atomic E-state index is 13.5. The Morgan fingerprint density at radius 2 is 2.00 bits per heavy atom. The zero-order valence-electron chi connectivity index (χ0n) is 19.3. The largest absolute Gasteiger partial charge is 0.465 e. The van der Waals surface area contributed by atoms with Crippen LogP contribution in [0.15, 0.2) is 58.0 Å².